The Labute approximate surface area is 827 Å². The molecule has 10 aliphatic rings. The SMILES string of the molecule is CC[C@@H]1C(C(=O)[O-])O[C@@H](O[C@@H]2C(NC(C)=O)[C@H](O[C@@H]3C(C(=O)NNC(=O)CC4O[C@H](O[C@H]5OC(CC(=O)NNC(=O)C6O[C@@H](O[C@@H]7C(NC(C)=O)[C@H](OC)OC(CO)[C@H]7O)C(O)[C@@H](O)[C@@H]6O[C@@H]6OC(CO)[C@@H](O)[C@H](O[C@@H]7CC([C-]=O)[C@@H](C)[C@H](O)C7O)C6NC(C)=O)[C@@H](O)[C@H](O)C5O)C(O)[C@@H](O)[C@@H]4O)O[C@@H](O[C@@H]4C(NC(C)=O)[C@H](OC)OC(CO)[C@H]4O)C(O)[C@H]3O)OC(CO)[C@H]2O)C(O)[C@H]1O.[Na+].[Na+].[OH-]. The number of hydrazine groups is 2. The number of aliphatic carboxylic acids is 1. The van der Waals surface area contributed by atoms with Crippen LogP contribution in [0.2, 0.25) is 0 Å². The van der Waals surface area contributed by atoms with Crippen LogP contribution in [-0.4, -0.2) is 506 Å². The van der Waals surface area contributed by atoms with Crippen LogP contribution in [-0.2, 0) is 133 Å². The van der Waals surface area contributed by atoms with Gasteiger partial charge in [-0.3, -0.25) is 66.3 Å². The van der Waals surface area contributed by atoms with Gasteiger partial charge in [0.25, 0.3) is 11.8 Å². The van der Waals surface area contributed by atoms with Crippen molar-refractivity contribution in [1.29, 1.82) is 0 Å². The molecule has 0 spiro atoms. The predicted octanol–water partition coefficient (Wildman–Crippen LogP) is -27.6. The van der Waals surface area contributed by atoms with Crippen LogP contribution in [0.15, 0.2) is 0 Å². The zero-order valence-electron chi connectivity index (χ0n) is 75.6. The Bertz CT molecular complexity index is 3930. The van der Waals surface area contributed by atoms with E-state index in [9.17, 15) is 165 Å². The van der Waals surface area contributed by atoms with Gasteiger partial charge in [-0.1, -0.05) is 13.8 Å². The topological polar surface area (TPSA) is 931 Å². The third kappa shape index (κ3) is 27.4. The van der Waals surface area contributed by atoms with Crippen molar-refractivity contribution in [2.24, 2.45) is 17.8 Å². The van der Waals surface area contributed by atoms with E-state index < -0.39 is 399 Å². The number of hydrogen-bond donors (Lipinski definition) is 30. The molecule has 31 N–H and O–H groups in total. The van der Waals surface area contributed by atoms with E-state index >= 15 is 0 Å². The number of carboxylic acid groups (broad SMARTS) is 1. The molecule has 60 nitrogen and oxygen atoms in total. The van der Waals surface area contributed by atoms with Crippen molar-refractivity contribution < 1.29 is 315 Å². The van der Waals surface area contributed by atoms with E-state index in [1.807, 2.05) is 21.7 Å². The van der Waals surface area contributed by atoms with Gasteiger partial charge >= 0.3 is 59.1 Å². The summed E-state index contributed by atoms with van der Waals surface area (Å²) in [5.41, 5.74) is 7.62. The average molecular weight is 2020 g/mol. The van der Waals surface area contributed by atoms with E-state index in [4.69, 9.17) is 85.3 Å². The van der Waals surface area contributed by atoms with Crippen LogP contribution in [0.1, 0.15) is 67.2 Å². The summed E-state index contributed by atoms with van der Waals surface area (Å²) in [5.74, 6) is -14.9. The molecule has 9 heterocycles. The van der Waals surface area contributed by atoms with Crippen LogP contribution in [0.5, 0.6) is 0 Å². The fraction of sp³-hybridized carbons (Fsp3) is 0.868. The molecule has 1 aliphatic carbocycles. The number of carbonyl (C=O) groups excluding carboxylic acids is 10. The summed E-state index contributed by atoms with van der Waals surface area (Å²) in [7, 11) is 2.16. The van der Waals surface area contributed by atoms with Crippen LogP contribution in [0, 0.1) is 17.8 Å². The van der Waals surface area contributed by atoms with E-state index in [2.05, 4.69) is 21.3 Å². The number of amides is 8. The third-order valence-corrected chi connectivity index (χ3v) is 24.8. The maximum Gasteiger partial charge on any atom is 1.00 e. The molecule has 9 saturated heterocycles. The molecule has 0 aromatic rings. The second-order valence-corrected chi connectivity index (χ2v) is 33.9. The first-order valence-corrected chi connectivity index (χ1v) is 42.8. The second-order valence-electron chi connectivity index (χ2n) is 33.9. The Kier molecular flexibility index (Phi) is 46.2. The summed E-state index contributed by atoms with van der Waals surface area (Å²) in [4.78, 5) is 133. The van der Waals surface area contributed by atoms with Crippen LogP contribution in [0.25, 0.3) is 0 Å². The number of rotatable bonds is 33. The molecule has 0 radical (unpaired) electrons. The maximum atomic E-state index is 14.8. The van der Waals surface area contributed by atoms with Crippen LogP contribution in [0.4, 0.5) is 0 Å². The largest absolute Gasteiger partial charge is 1.00 e. The van der Waals surface area contributed by atoms with Gasteiger partial charge < -0.3 is 239 Å². The molecule has 780 valence electrons. The summed E-state index contributed by atoms with van der Waals surface area (Å²) < 4.78 is 104. The van der Waals surface area contributed by atoms with Crippen molar-refractivity contribution in [3.8, 4) is 0 Å². The zero-order valence-corrected chi connectivity index (χ0v) is 79.6. The van der Waals surface area contributed by atoms with Crippen molar-refractivity contribution in [3.63, 3.8) is 0 Å². The summed E-state index contributed by atoms with van der Waals surface area (Å²) in [6, 6.07) is -7.05. The van der Waals surface area contributed by atoms with Gasteiger partial charge in [0.1, 0.15) is 189 Å². The molecule has 138 heavy (non-hydrogen) atoms. The summed E-state index contributed by atoms with van der Waals surface area (Å²) >= 11 is 0. The number of nitrogens with one attached hydrogen (secondary N) is 8. The first-order chi connectivity index (χ1) is 63.7. The number of carboxylic acids is 1. The first kappa shape index (κ1) is 120. The van der Waals surface area contributed by atoms with E-state index in [0.29, 0.717) is 0 Å². The van der Waals surface area contributed by atoms with E-state index in [1.54, 1.807) is 6.29 Å². The summed E-state index contributed by atoms with van der Waals surface area (Å²) in [6.07, 6.45) is -93.0. The van der Waals surface area contributed by atoms with Gasteiger partial charge in [-0.2, -0.15) is 0 Å². The molecule has 8 amide bonds. The van der Waals surface area contributed by atoms with Gasteiger partial charge in [0.2, 0.25) is 35.4 Å². The quantitative estimate of drug-likeness (QED) is 0.0165. The van der Waals surface area contributed by atoms with Gasteiger partial charge in [-0.15, -0.1) is 5.92 Å². The minimum absolute atomic E-state index is 0. The minimum Gasteiger partial charge on any atom is -0.870 e. The molecular weight excluding hydrogens is 1900 g/mol. The van der Waals surface area contributed by atoms with Gasteiger partial charge in [-0.05, 0) is 18.8 Å². The molecule has 0 aromatic carbocycles. The number of aliphatic hydroxyl groups is 22. The smallest absolute Gasteiger partial charge is 0.870 e. The molecule has 62 heteroatoms. The Balaban J connectivity index is 0.00000864. The fourth-order valence-electron chi connectivity index (χ4n) is 17.5. The van der Waals surface area contributed by atoms with E-state index in [1.165, 1.54) is 13.8 Å². The Morgan fingerprint density at radius 2 is 0.630 bits per heavy atom. The zero-order chi connectivity index (χ0) is 99.8. The Morgan fingerprint density at radius 3 is 0.942 bits per heavy atom. The number of methoxy groups -OCH3 is 2. The van der Waals surface area contributed by atoms with Crippen molar-refractivity contribution in [1.82, 2.24) is 43.0 Å². The monoisotopic (exact) mass is 2020 g/mol. The van der Waals surface area contributed by atoms with Crippen molar-refractivity contribution in [2.75, 3.05) is 40.6 Å². The fourth-order valence-corrected chi connectivity index (χ4v) is 17.5. The number of hydrogen-bond acceptors (Lipinski definition) is 52. The predicted molar refractivity (Wildman–Crippen MR) is 418 cm³/mol. The maximum absolute atomic E-state index is 14.8. The molecule has 0 aromatic heterocycles. The van der Waals surface area contributed by atoms with Gasteiger partial charge in [0.05, 0.1) is 75.8 Å². The van der Waals surface area contributed by atoms with Crippen molar-refractivity contribution >= 4 is 59.5 Å². The Hall–Kier alpha value is -4.74. The van der Waals surface area contributed by atoms with Gasteiger partial charge in [-0.25, -0.2) is 0 Å². The van der Waals surface area contributed by atoms with Gasteiger partial charge in [0.15, 0.2) is 68.8 Å². The number of aliphatic hydroxyl groups excluding tert-OH is 22. The normalized spacial score (nSPS) is 44.8. The van der Waals surface area contributed by atoms with E-state index in [0.717, 1.165) is 41.9 Å². The van der Waals surface area contributed by atoms with Crippen LogP contribution < -0.4 is 107 Å². The average Bonchev–Trinajstić information content (AvgIpc) is 0.773. The molecule has 10 rings (SSSR count). The number of ether oxygens (including phenoxy) is 18. The first-order valence-electron chi connectivity index (χ1n) is 42.8. The molecule has 9 aliphatic heterocycles. The van der Waals surface area contributed by atoms with E-state index in [-0.39, 0.29) is 77.4 Å². The molecule has 10 fully saturated rings. The molecule has 0 bridgehead atoms. The third-order valence-electron chi connectivity index (χ3n) is 24.8. The van der Waals surface area contributed by atoms with Gasteiger partial charge in [0, 0.05) is 47.8 Å². The summed E-state index contributed by atoms with van der Waals surface area (Å²) in [6.45, 7) is 2.55. The molecular formula is C76H121N8Na2O52-. The molecule has 1 saturated carbocycles. The Morgan fingerprint density at radius 1 is 0.341 bits per heavy atom. The molecule has 50 atom stereocenters. The van der Waals surface area contributed by atoms with Crippen molar-refractivity contribution in [3.05, 3.63) is 0 Å². The second kappa shape index (κ2) is 53.0. The minimum atomic E-state index is -2.59. The standard InChI is InChI=1S/C76H121N8O51.2Na.H2O/c1-9-24-39(97)51(109)74(127-56(24)67(116)117)130-60-37(80-22(6)93)71(126-31(17-89)46(60)104)132-62-50(108)55(113)76(129-59-35(78-20(4)91)69(119-8)124-29(15-87)45(59)103)134-64(62)66(115)84-82-33(95)12-27-42(100)48(106)53(111)73(122-27)135-72-52(110)47(105)41(99)26(121-72)11-32(94)81-83-65(114)63-61(49(107)54(112)75(133-63)128-58-34(77-19(3)90)68(118-7)123-28(14-86)44(58)102)131-70-36(79-21(5)92)57(43(101)30(16-88)125-70)120-25-10-23(13-85)18(2)38(96)40(25)98;;;/h18,23-31,34-64,68-76,86-89,96-113H,9-12,14-17H2,1-8H3,(H,77,90)(H,78,91)(H,79,92)(H,80,93)(H,81,94)(H,82,95)(H,83,114)(H,84,115)(H,116,117);;;1H2/q-1;2*+1;/p-2/t18-,23?,24+,25-,26?,27?,28?,29?,30?,31?,34?,35?,36?,37?,38+,39+,40?,41-,42-,43-,44-,45-,46-,47+,48+,49-,50-,51?,52?,53?,54?,55?,56?,57-,58-,59-,60-,61+,62+,63?,64?,68-,69-,70+,71+,72-,73-,74+,75-,76-;;;/m1.../s1. The van der Waals surface area contributed by atoms with Crippen LogP contribution >= 0.6 is 0 Å². The summed E-state index contributed by atoms with van der Waals surface area (Å²) in [5, 5.41) is 270. The van der Waals surface area contributed by atoms with Crippen molar-refractivity contribution in [2.45, 2.75) is 356 Å². The molecule has 20 unspecified atom stereocenters. The van der Waals surface area contributed by atoms with Crippen LogP contribution in [0.3, 0.4) is 0 Å². The number of carbonyl (C=O) groups is 9.